The number of aryl methyl sites for hydroxylation is 1. The summed E-state index contributed by atoms with van der Waals surface area (Å²) in [5.74, 6) is 0.817. The lowest BCUT2D eigenvalue weighted by Gasteiger charge is -2.17. The molecule has 1 amide bonds. The minimum atomic E-state index is -0.328. The molecule has 0 aliphatic heterocycles. The fraction of sp³-hybridized carbons (Fsp3) is 0.440. The van der Waals surface area contributed by atoms with Crippen molar-refractivity contribution in [2.45, 2.75) is 53.2 Å². The molecule has 2 aromatic rings. The van der Waals surface area contributed by atoms with Gasteiger partial charge >= 0.3 is 5.97 Å². The molecule has 1 atom stereocenters. The van der Waals surface area contributed by atoms with Crippen molar-refractivity contribution in [2.75, 3.05) is 24.3 Å². The van der Waals surface area contributed by atoms with E-state index in [1.807, 2.05) is 81.8 Å². The summed E-state index contributed by atoms with van der Waals surface area (Å²) in [4.78, 5) is 29.2. The normalized spacial score (nSPS) is 12.3. The molecule has 1 unspecified atom stereocenters. The highest BCUT2D eigenvalue weighted by Gasteiger charge is 2.18. The molecule has 0 fully saturated rings. The first-order chi connectivity index (χ1) is 15.8. The van der Waals surface area contributed by atoms with Gasteiger partial charge in [0.2, 0.25) is 5.95 Å². The zero-order valence-electron chi connectivity index (χ0n) is 21.8. The van der Waals surface area contributed by atoms with Gasteiger partial charge in [0.25, 0.3) is 5.91 Å². The van der Waals surface area contributed by atoms with Gasteiger partial charge in [0.05, 0.1) is 24.0 Å². The van der Waals surface area contributed by atoms with Gasteiger partial charge in [-0.25, -0.2) is 0 Å². The summed E-state index contributed by atoms with van der Waals surface area (Å²) in [7, 11) is 5.65. The number of nitrogens with zero attached hydrogens (tertiary/aromatic N) is 5. The summed E-state index contributed by atoms with van der Waals surface area (Å²) < 4.78 is 8.47. The van der Waals surface area contributed by atoms with Gasteiger partial charge in [0.15, 0.2) is 5.82 Å². The van der Waals surface area contributed by atoms with Gasteiger partial charge in [-0.3, -0.25) is 14.3 Å². The van der Waals surface area contributed by atoms with E-state index in [2.05, 4.69) is 28.9 Å². The zero-order valence-corrected chi connectivity index (χ0v) is 21.8. The number of nitrogens with one attached hydrogen (secondary N) is 1. The Morgan fingerprint density at radius 2 is 1.88 bits per heavy atom. The lowest BCUT2D eigenvalue weighted by Crippen LogP contribution is -2.21. The number of allylic oxidation sites excluding steroid dienone is 5. The fourth-order valence-electron chi connectivity index (χ4n) is 2.87. The molecular weight excluding hydrogens is 432 g/mol. The molecule has 34 heavy (non-hydrogen) atoms. The van der Waals surface area contributed by atoms with Gasteiger partial charge < -0.3 is 19.5 Å². The van der Waals surface area contributed by atoms with E-state index in [1.54, 1.807) is 24.0 Å². The van der Waals surface area contributed by atoms with Crippen LogP contribution in [0.3, 0.4) is 0 Å². The quantitative estimate of drug-likeness (QED) is 0.475. The fourth-order valence-corrected chi connectivity index (χ4v) is 2.87. The second-order valence-corrected chi connectivity index (χ2v) is 8.90. The molecule has 0 bridgehead atoms. The smallest absolute Gasteiger partial charge is 0.303 e. The Labute approximate surface area is 202 Å². The van der Waals surface area contributed by atoms with Crippen molar-refractivity contribution in [1.29, 1.82) is 0 Å². The van der Waals surface area contributed by atoms with E-state index in [-0.39, 0.29) is 23.5 Å². The van der Waals surface area contributed by atoms with Crippen molar-refractivity contribution >= 4 is 23.6 Å². The molecule has 0 spiro atoms. The SMILES string of the molecule is C=C/C=C\C=C/C(C)n1cc(NC(=O)c2cnn(C)c2C)nc1N(C)C.CC(=O)OC(C)(C)C. The maximum absolute atomic E-state index is 12.5. The Bertz CT molecular complexity index is 1040. The molecule has 9 nitrogen and oxygen atoms in total. The van der Waals surface area contributed by atoms with Crippen LogP contribution in [0.1, 0.15) is 56.7 Å². The highest BCUT2D eigenvalue weighted by molar-refractivity contribution is 6.04. The van der Waals surface area contributed by atoms with Gasteiger partial charge in [0.1, 0.15) is 5.60 Å². The van der Waals surface area contributed by atoms with Gasteiger partial charge in [-0.2, -0.15) is 10.1 Å². The van der Waals surface area contributed by atoms with Crippen LogP contribution in [0.5, 0.6) is 0 Å². The number of esters is 1. The number of amides is 1. The van der Waals surface area contributed by atoms with Crippen molar-refractivity contribution in [3.63, 3.8) is 0 Å². The third-order valence-corrected chi connectivity index (χ3v) is 4.47. The number of anilines is 2. The molecule has 0 saturated heterocycles. The minimum Gasteiger partial charge on any atom is -0.460 e. The molecule has 0 radical (unpaired) electrons. The van der Waals surface area contributed by atoms with Crippen LogP contribution in [-0.2, 0) is 16.6 Å². The summed E-state index contributed by atoms with van der Waals surface area (Å²) >= 11 is 0. The molecule has 2 heterocycles. The van der Waals surface area contributed by atoms with Crippen molar-refractivity contribution in [3.05, 3.63) is 60.6 Å². The average molecular weight is 471 g/mol. The molecule has 0 aliphatic carbocycles. The Balaban J connectivity index is 0.000000620. The van der Waals surface area contributed by atoms with Crippen LogP contribution in [0, 0.1) is 6.92 Å². The minimum absolute atomic E-state index is 0.0696. The lowest BCUT2D eigenvalue weighted by molar-refractivity contribution is -0.151. The predicted molar refractivity (Wildman–Crippen MR) is 137 cm³/mol. The Morgan fingerprint density at radius 3 is 2.32 bits per heavy atom. The van der Waals surface area contributed by atoms with Gasteiger partial charge in [-0.05, 0) is 34.6 Å². The number of carbonyl (C=O) groups excluding carboxylic acids is 2. The molecular formula is C25H38N6O3. The maximum Gasteiger partial charge on any atom is 0.303 e. The molecule has 2 rings (SSSR count). The zero-order chi connectivity index (χ0) is 26.1. The second kappa shape index (κ2) is 12.6. The molecule has 9 heteroatoms. The van der Waals surface area contributed by atoms with Crippen LogP contribution >= 0.6 is 0 Å². The highest BCUT2D eigenvalue weighted by Crippen LogP contribution is 2.22. The standard InChI is InChI=1S/C19H26N6O.C6H12O2/c1-7-8-9-10-11-14(2)25-13-17(22-19(25)23(4)5)21-18(26)16-12-20-24(6)15(16)3;1-5(7)8-6(2,3)4/h7-14H,1H2,2-6H3,(H,21,26);1-4H3/b9-8-,11-10-;. The third-order valence-electron chi connectivity index (χ3n) is 4.47. The largest absolute Gasteiger partial charge is 0.460 e. The average Bonchev–Trinajstić information content (AvgIpc) is 3.27. The monoisotopic (exact) mass is 470 g/mol. The number of rotatable bonds is 7. The van der Waals surface area contributed by atoms with E-state index in [0.717, 1.165) is 11.6 Å². The van der Waals surface area contributed by atoms with Crippen LogP contribution in [0.4, 0.5) is 11.8 Å². The molecule has 186 valence electrons. The topological polar surface area (TPSA) is 94.3 Å². The van der Waals surface area contributed by atoms with E-state index in [1.165, 1.54) is 6.92 Å². The van der Waals surface area contributed by atoms with Crippen LogP contribution in [0.15, 0.2) is 49.4 Å². The predicted octanol–water partition coefficient (Wildman–Crippen LogP) is 4.45. The van der Waals surface area contributed by atoms with Crippen molar-refractivity contribution < 1.29 is 14.3 Å². The Kier molecular flexibility index (Phi) is 10.5. The first-order valence-electron chi connectivity index (χ1n) is 11.0. The summed E-state index contributed by atoms with van der Waals surface area (Å²) in [6, 6.07) is 0.0696. The molecule has 1 N–H and O–H groups in total. The van der Waals surface area contributed by atoms with E-state index < -0.39 is 0 Å². The van der Waals surface area contributed by atoms with Gasteiger partial charge in [0, 0.05) is 33.8 Å². The summed E-state index contributed by atoms with van der Waals surface area (Å²) in [5, 5.41) is 6.96. The number of hydrogen-bond acceptors (Lipinski definition) is 6. The Morgan fingerprint density at radius 1 is 1.24 bits per heavy atom. The van der Waals surface area contributed by atoms with Crippen molar-refractivity contribution in [3.8, 4) is 0 Å². The van der Waals surface area contributed by atoms with Crippen LogP contribution < -0.4 is 10.2 Å². The van der Waals surface area contributed by atoms with Gasteiger partial charge in [-0.1, -0.05) is 37.0 Å². The second-order valence-electron chi connectivity index (χ2n) is 8.90. The highest BCUT2D eigenvalue weighted by atomic mass is 16.6. The van der Waals surface area contributed by atoms with Crippen molar-refractivity contribution in [2.24, 2.45) is 7.05 Å². The van der Waals surface area contributed by atoms with Crippen molar-refractivity contribution in [1.82, 2.24) is 19.3 Å². The van der Waals surface area contributed by atoms with Crippen LogP contribution in [-0.4, -0.2) is 50.9 Å². The number of carbonyl (C=O) groups is 2. The molecule has 0 aliphatic rings. The number of ether oxygens (including phenoxy) is 1. The van der Waals surface area contributed by atoms with Gasteiger partial charge in [-0.15, -0.1) is 0 Å². The number of hydrogen-bond donors (Lipinski definition) is 1. The number of aromatic nitrogens is 4. The van der Waals surface area contributed by atoms with E-state index in [0.29, 0.717) is 11.4 Å². The first kappa shape index (κ1) is 28.4. The lowest BCUT2D eigenvalue weighted by atomic mass is 10.2. The first-order valence-corrected chi connectivity index (χ1v) is 11.0. The number of imidazole rings is 1. The summed E-state index contributed by atoms with van der Waals surface area (Å²) in [5.41, 5.74) is 1.02. The van der Waals surface area contributed by atoms with Crippen LogP contribution in [0.2, 0.25) is 0 Å². The van der Waals surface area contributed by atoms with E-state index >= 15 is 0 Å². The summed E-state index contributed by atoms with van der Waals surface area (Å²) in [6.45, 7) is 14.5. The summed E-state index contributed by atoms with van der Waals surface area (Å²) in [6.07, 6.45) is 12.9. The molecule has 0 aromatic carbocycles. The Hall–Kier alpha value is -3.62. The van der Waals surface area contributed by atoms with E-state index in [4.69, 9.17) is 4.74 Å². The third kappa shape index (κ3) is 9.09. The molecule has 0 saturated carbocycles. The maximum atomic E-state index is 12.5. The molecule has 2 aromatic heterocycles. The van der Waals surface area contributed by atoms with Crippen LogP contribution in [0.25, 0.3) is 0 Å². The van der Waals surface area contributed by atoms with E-state index in [9.17, 15) is 9.59 Å².